The summed E-state index contributed by atoms with van der Waals surface area (Å²) in [6.07, 6.45) is 0. The van der Waals surface area contributed by atoms with Crippen molar-refractivity contribution in [3.8, 4) is 61.3 Å². The van der Waals surface area contributed by atoms with Crippen molar-refractivity contribution in [1.82, 2.24) is 4.57 Å². The SMILES string of the molecule is c1ccc(-c2cccc(-c3ccccc3N(c3ccc(-c4ccc5c(c4)C4(c6ccccc6-5)c5ccccc5-n5c6ccccc6c6cccc4c65)cc3)c3cccc4c3-c3ccccc3C4(c3ccccc3)c3ccccc3)c2)cc1. The van der Waals surface area contributed by atoms with Gasteiger partial charge in [-0.05, 0) is 138 Å². The second-order valence-corrected chi connectivity index (χ2v) is 22.2. The van der Waals surface area contributed by atoms with Gasteiger partial charge < -0.3 is 9.47 Å². The van der Waals surface area contributed by atoms with Crippen molar-refractivity contribution in [3.05, 3.63) is 360 Å². The number of para-hydroxylation sites is 4. The maximum Gasteiger partial charge on any atom is 0.0754 e. The van der Waals surface area contributed by atoms with Gasteiger partial charge in [0, 0.05) is 27.6 Å². The molecule has 13 aromatic carbocycles. The third kappa shape index (κ3) is 6.40. The first-order valence-electron chi connectivity index (χ1n) is 28.6. The van der Waals surface area contributed by atoms with E-state index in [4.69, 9.17) is 0 Å². The van der Waals surface area contributed by atoms with Gasteiger partial charge in [0.15, 0.2) is 0 Å². The average Bonchev–Trinajstić information content (AvgIpc) is 1.58. The lowest BCUT2D eigenvalue weighted by molar-refractivity contribution is 0.749. The zero-order valence-electron chi connectivity index (χ0n) is 44.9. The Balaban J connectivity index is 0.876. The van der Waals surface area contributed by atoms with E-state index in [0.29, 0.717) is 0 Å². The summed E-state index contributed by atoms with van der Waals surface area (Å²) in [6, 6.07) is 118. The highest BCUT2D eigenvalue weighted by Gasteiger charge is 2.51. The second-order valence-electron chi connectivity index (χ2n) is 22.2. The summed E-state index contributed by atoms with van der Waals surface area (Å²) < 4.78 is 2.53. The molecule has 0 radical (unpaired) electrons. The van der Waals surface area contributed by atoms with Gasteiger partial charge >= 0.3 is 0 Å². The highest BCUT2D eigenvalue weighted by molar-refractivity contribution is 6.13. The Kier molecular flexibility index (Phi) is 10.2. The number of rotatable bonds is 8. The predicted molar refractivity (Wildman–Crippen MR) is 340 cm³/mol. The Morgan fingerprint density at radius 1 is 0.268 bits per heavy atom. The molecule has 1 spiro atoms. The van der Waals surface area contributed by atoms with E-state index in [1.165, 1.54) is 111 Å². The van der Waals surface area contributed by atoms with Crippen LogP contribution >= 0.6 is 0 Å². The van der Waals surface area contributed by atoms with Crippen molar-refractivity contribution in [2.24, 2.45) is 0 Å². The van der Waals surface area contributed by atoms with E-state index in [0.717, 1.165) is 33.8 Å². The van der Waals surface area contributed by atoms with Gasteiger partial charge in [0.1, 0.15) is 0 Å². The van der Waals surface area contributed by atoms with Crippen molar-refractivity contribution >= 4 is 38.9 Å². The highest BCUT2D eigenvalue weighted by atomic mass is 15.1. The molecule has 82 heavy (non-hydrogen) atoms. The second kappa shape index (κ2) is 18.0. The van der Waals surface area contributed by atoms with E-state index in [-0.39, 0.29) is 0 Å². The van der Waals surface area contributed by atoms with Crippen molar-refractivity contribution in [2.45, 2.75) is 10.8 Å². The fourth-order valence-corrected chi connectivity index (χ4v) is 15.0. The van der Waals surface area contributed by atoms with Crippen LogP contribution in [0.25, 0.3) is 83.1 Å². The van der Waals surface area contributed by atoms with Crippen LogP contribution in [-0.2, 0) is 10.8 Å². The minimum atomic E-state index is -0.560. The normalized spacial score (nSPS) is 14.7. The molecule has 2 heterocycles. The number of benzene rings is 13. The van der Waals surface area contributed by atoms with Crippen LogP contribution in [0.15, 0.2) is 315 Å². The van der Waals surface area contributed by atoms with Gasteiger partial charge in [-0.2, -0.15) is 0 Å². The summed E-state index contributed by atoms with van der Waals surface area (Å²) >= 11 is 0. The lowest BCUT2D eigenvalue weighted by Gasteiger charge is -2.39. The third-order valence-electron chi connectivity index (χ3n) is 18.3. The van der Waals surface area contributed by atoms with E-state index in [2.05, 4.69) is 325 Å². The summed E-state index contributed by atoms with van der Waals surface area (Å²) in [5.74, 6) is 0. The summed E-state index contributed by atoms with van der Waals surface area (Å²) in [5.41, 5.74) is 28.3. The first kappa shape index (κ1) is 46.4. The predicted octanol–water partition coefficient (Wildman–Crippen LogP) is 20.3. The molecule has 1 atom stereocenters. The number of hydrogen-bond donors (Lipinski definition) is 0. The molecule has 2 nitrogen and oxygen atoms in total. The summed E-state index contributed by atoms with van der Waals surface area (Å²) in [4.78, 5) is 2.53. The quantitative estimate of drug-likeness (QED) is 0.147. The Bertz CT molecular complexity index is 4820. The van der Waals surface area contributed by atoms with Crippen LogP contribution in [0.1, 0.15) is 44.5 Å². The molecule has 0 fully saturated rings. The van der Waals surface area contributed by atoms with E-state index in [9.17, 15) is 0 Å². The molecule has 0 saturated carbocycles. The van der Waals surface area contributed by atoms with Crippen LogP contribution in [-0.4, -0.2) is 4.57 Å². The van der Waals surface area contributed by atoms with Crippen LogP contribution in [0.3, 0.4) is 0 Å². The summed E-state index contributed by atoms with van der Waals surface area (Å²) in [6.45, 7) is 0. The first-order chi connectivity index (χ1) is 40.7. The zero-order chi connectivity index (χ0) is 53.9. The monoisotopic (exact) mass is 1040 g/mol. The van der Waals surface area contributed by atoms with E-state index < -0.39 is 10.8 Å². The van der Waals surface area contributed by atoms with Crippen LogP contribution in [0.2, 0.25) is 0 Å². The molecule has 1 aromatic heterocycles. The topological polar surface area (TPSA) is 8.17 Å². The van der Waals surface area contributed by atoms with Gasteiger partial charge in [0.05, 0.1) is 38.9 Å². The number of aromatic nitrogens is 1. The molecule has 1 unspecified atom stereocenters. The number of fused-ring (bicyclic) bond motifs is 15. The van der Waals surface area contributed by atoms with Gasteiger partial charge in [-0.25, -0.2) is 0 Å². The molecule has 382 valence electrons. The van der Waals surface area contributed by atoms with Crippen LogP contribution in [0, 0.1) is 0 Å². The Morgan fingerprint density at radius 2 is 0.768 bits per heavy atom. The van der Waals surface area contributed by atoms with Crippen molar-refractivity contribution in [1.29, 1.82) is 0 Å². The molecule has 17 rings (SSSR count). The third-order valence-corrected chi connectivity index (χ3v) is 18.3. The van der Waals surface area contributed by atoms with Crippen molar-refractivity contribution < 1.29 is 0 Å². The Labute approximate surface area is 477 Å². The lowest BCUT2D eigenvalue weighted by atomic mass is 9.65. The molecule has 0 bridgehead atoms. The maximum absolute atomic E-state index is 2.53. The van der Waals surface area contributed by atoms with Gasteiger partial charge in [-0.15, -0.1) is 0 Å². The molecule has 2 aliphatic carbocycles. The molecule has 3 aliphatic rings. The largest absolute Gasteiger partial charge is 0.309 e. The Hall–Kier alpha value is -10.5. The summed E-state index contributed by atoms with van der Waals surface area (Å²) in [5, 5.41) is 2.56. The molecular formula is C80H52N2. The minimum Gasteiger partial charge on any atom is -0.309 e. The maximum atomic E-state index is 2.53. The first-order valence-corrected chi connectivity index (χ1v) is 28.6. The smallest absolute Gasteiger partial charge is 0.0754 e. The van der Waals surface area contributed by atoms with Crippen molar-refractivity contribution in [2.75, 3.05) is 4.90 Å². The van der Waals surface area contributed by atoms with Gasteiger partial charge in [-0.1, -0.05) is 267 Å². The van der Waals surface area contributed by atoms with E-state index >= 15 is 0 Å². The fourth-order valence-electron chi connectivity index (χ4n) is 15.0. The Morgan fingerprint density at radius 3 is 1.55 bits per heavy atom. The van der Waals surface area contributed by atoms with Crippen LogP contribution < -0.4 is 4.90 Å². The molecular weight excluding hydrogens is 989 g/mol. The standard InChI is InChI=1S/C80H52N2/c1-4-23-53(24-5-1)55-25-20-26-57(51-55)61-31-12-17-41-73(61)81(76-44-22-39-70-77(76)66-34-11-15-37-68(66)79(70,58-27-6-2-7-28-58)59-29-8-3-9-30-59)60-48-45-54(46-49-60)56-47-50-63-62-32-10-14-36-67(62)80(72(63)52-56)69-38-16-19-43-75(69)82-74-42-18-13-33-64(74)65-35-21-40-71(80)78(65)82/h1-52H. The molecule has 0 saturated heterocycles. The summed E-state index contributed by atoms with van der Waals surface area (Å²) in [7, 11) is 0. The lowest BCUT2D eigenvalue weighted by Crippen LogP contribution is -2.33. The minimum absolute atomic E-state index is 0.542. The van der Waals surface area contributed by atoms with E-state index in [1.807, 2.05) is 0 Å². The molecule has 14 aromatic rings. The van der Waals surface area contributed by atoms with Crippen LogP contribution in [0.4, 0.5) is 17.1 Å². The van der Waals surface area contributed by atoms with Gasteiger partial charge in [0.2, 0.25) is 0 Å². The van der Waals surface area contributed by atoms with E-state index in [1.54, 1.807) is 0 Å². The van der Waals surface area contributed by atoms with Crippen molar-refractivity contribution in [3.63, 3.8) is 0 Å². The van der Waals surface area contributed by atoms with Gasteiger partial charge in [-0.3, -0.25) is 0 Å². The average molecular weight is 1040 g/mol. The molecule has 2 heteroatoms. The number of nitrogens with zero attached hydrogens (tertiary/aromatic N) is 2. The molecule has 0 N–H and O–H groups in total. The molecule has 1 aliphatic heterocycles. The molecule has 0 amide bonds. The van der Waals surface area contributed by atoms with Gasteiger partial charge in [0.25, 0.3) is 0 Å². The number of hydrogen-bond acceptors (Lipinski definition) is 1. The number of anilines is 3. The highest BCUT2D eigenvalue weighted by Crippen LogP contribution is 2.63. The zero-order valence-corrected chi connectivity index (χ0v) is 44.9. The van der Waals surface area contributed by atoms with Crippen LogP contribution in [0.5, 0.6) is 0 Å². The fraction of sp³-hybridized carbons (Fsp3) is 0.0250.